The third-order valence-corrected chi connectivity index (χ3v) is 3.48. The molecular formula is C20H32O4. The zero-order valence-electron chi connectivity index (χ0n) is 14.7. The lowest BCUT2D eigenvalue weighted by atomic mass is 10.1. The van der Waals surface area contributed by atoms with Crippen molar-refractivity contribution in [3.8, 4) is 0 Å². The van der Waals surface area contributed by atoms with Crippen molar-refractivity contribution in [1.82, 2.24) is 0 Å². The molecule has 0 radical (unpaired) electrons. The van der Waals surface area contributed by atoms with Gasteiger partial charge in [-0.15, -0.1) is 0 Å². The van der Waals surface area contributed by atoms with Gasteiger partial charge in [0.2, 0.25) is 0 Å². The lowest BCUT2D eigenvalue weighted by molar-refractivity contribution is -0.137. The zero-order valence-corrected chi connectivity index (χ0v) is 14.7. The summed E-state index contributed by atoms with van der Waals surface area (Å²) in [6.45, 7) is 2.11. The molecule has 0 aromatic rings. The van der Waals surface area contributed by atoms with E-state index in [4.69, 9.17) is 5.11 Å². The lowest BCUT2D eigenvalue weighted by Crippen LogP contribution is -2.23. The van der Waals surface area contributed by atoms with E-state index >= 15 is 0 Å². The van der Waals surface area contributed by atoms with Gasteiger partial charge >= 0.3 is 5.97 Å². The normalized spacial score (nSPS) is 15.1. The summed E-state index contributed by atoms with van der Waals surface area (Å²) in [5, 5.41) is 28.0. The minimum atomic E-state index is -0.816. The van der Waals surface area contributed by atoms with Gasteiger partial charge in [-0.25, -0.2) is 0 Å². The molecule has 4 nitrogen and oxygen atoms in total. The Balaban J connectivity index is 3.78. The highest BCUT2D eigenvalue weighted by Crippen LogP contribution is 2.07. The van der Waals surface area contributed by atoms with Crippen LogP contribution in [0.2, 0.25) is 0 Å². The molecule has 0 aromatic carbocycles. The second kappa shape index (κ2) is 16.2. The molecule has 0 aromatic heterocycles. The minimum Gasteiger partial charge on any atom is -0.481 e. The van der Waals surface area contributed by atoms with Crippen LogP contribution in [0.15, 0.2) is 48.6 Å². The summed E-state index contributed by atoms with van der Waals surface area (Å²) in [4.78, 5) is 10.3. The molecule has 0 heterocycles. The van der Waals surface area contributed by atoms with Crippen LogP contribution in [-0.2, 0) is 4.79 Å². The highest BCUT2D eigenvalue weighted by Gasteiger charge is 2.11. The van der Waals surface area contributed by atoms with E-state index in [0.29, 0.717) is 12.8 Å². The van der Waals surface area contributed by atoms with Crippen LogP contribution in [0.3, 0.4) is 0 Å². The van der Waals surface area contributed by atoms with E-state index in [-0.39, 0.29) is 6.42 Å². The highest BCUT2D eigenvalue weighted by atomic mass is 16.4. The standard InChI is InChI=1S/C20H32O4/c1-2-3-12-15-18(21)19(22)16-13-10-8-6-4-5-7-9-11-14-17-20(23)24/h4,6-10,13,16,18-19,21-22H,2-3,5,11-12,14-15,17H2,1H3,(H,23,24)/t18-,19+/m0/s1. The summed E-state index contributed by atoms with van der Waals surface area (Å²) in [5.41, 5.74) is 0. The van der Waals surface area contributed by atoms with Crippen molar-refractivity contribution in [2.24, 2.45) is 0 Å². The fourth-order valence-corrected chi connectivity index (χ4v) is 2.03. The molecule has 0 saturated heterocycles. The van der Waals surface area contributed by atoms with Crippen molar-refractivity contribution in [2.45, 2.75) is 70.5 Å². The molecule has 24 heavy (non-hydrogen) atoms. The first kappa shape index (κ1) is 22.4. The smallest absolute Gasteiger partial charge is 0.303 e. The lowest BCUT2D eigenvalue weighted by Gasteiger charge is -2.13. The maximum Gasteiger partial charge on any atom is 0.303 e. The van der Waals surface area contributed by atoms with Crippen LogP contribution < -0.4 is 0 Å². The molecule has 0 fully saturated rings. The predicted molar refractivity (Wildman–Crippen MR) is 98.8 cm³/mol. The van der Waals surface area contributed by atoms with Gasteiger partial charge in [0.05, 0.1) is 12.2 Å². The number of unbranched alkanes of at least 4 members (excludes halogenated alkanes) is 3. The molecule has 4 heteroatoms. The van der Waals surface area contributed by atoms with Gasteiger partial charge in [0.1, 0.15) is 0 Å². The third kappa shape index (κ3) is 15.3. The first-order valence-electron chi connectivity index (χ1n) is 8.80. The minimum absolute atomic E-state index is 0.217. The van der Waals surface area contributed by atoms with E-state index in [2.05, 4.69) is 6.92 Å². The van der Waals surface area contributed by atoms with E-state index in [0.717, 1.165) is 32.1 Å². The van der Waals surface area contributed by atoms with Gasteiger partial charge in [-0.1, -0.05) is 74.8 Å². The number of hydrogen-bond acceptors (Lipinski definition) is 3. The van der Waals surface area contributed by atoms with E-state index in [1.165, 1.54) is 0 Å². The molecule has 0 amide bonds. The number of allylic oxidation sites excluding steroid dienone is 7. The average molecular weight is 336 g/mol. The largest absolute Gasteiger partial charge is 0.481 e. The maximum absolute atomic E-state index is 10.3. The van der Waals surface area contributed by atoms with Crippen LogP contribution >= 0.6 is 0 Å². The Bertz CT molecular complexity index is 421. The van der Waals surface area contributed by atoms with Gasteiger partial charge in [-0.05, 0) is 25.7 Å². The number of carbonyl (C=O) groups is 1. The number of rotatable bonds is 14. The number of aliphatic hydroxyl groups is 2. The molecule has 0 rings (SSSR count). The molecular weight excluding hydrogens is 304 g/mol. The van der Waals surface area contributed by atoms with Crippen LogP contribution in [-0.4, -0.2) is 33.5 Å². The van der Waals surface area contributed by atoms with Crippen molar-refractivity contribution in [3.05, 3.63) is 48.6 Å². The third-order valence-electron chi connectivity index (χ3n) is 3.48. The van der Waals surface area contributed by atoms with E-state index in [9.17, 15) is 15.0 Å². The van der Waals surface area contributed by atoms with Crippen molar-refractivity contribution >= 4 is 5.97 Å². The zero-order chi connectivity index (χ0) is 18.0. The maximum atomic E-state index is 10.3. The average Bonchev–Trinajstić information content (AvgIpc) is 2.55. The summed E-state index contributed by atoms with van der Waals surface area (Å²) in [6, 6.07) is 0. The van der Waals surface area contributed by atoms with Crippen LogP contribution in [0.1, 0.15) is 58.3 Å². The Morgan fingerprint density at radius 1 is 0.958 bits per heavy atom. The van der Waals surface area contributed by atoms with Gasteiger partial charge in [-0.3, -0.25) is 4.79 Å². The number of aliphatic hydroxyl groups excluding tert-OH is 2. The SMILES string of the molecule is CCCCC[C@H](O)[C@H](O)C=CC=CC=CCC=CCCCC(=O)O. The summed E-state index contributed by atoms with van der Waals surface area (Å²) in [7, 11) is 0. The van der Waals surface area contributed by atoms with Gasteiger partial charge in [-0.2, -0.15) is 0 Å². The first-order valence-corrected chi connectivity index (χ1v) is 8.80. The van der Waals surface area contributed by atoms with Gasteiger partial charge < -0.3 is 15.3 Å². The van der Waals surface area contributed by atoms with Gasteiger partial charge in [0.15, 0.2) is 0 Å². The highest BCUT2D eigenvalue weighted by molar-refractivity contribution is 5.66. The van der Waals surface area contributed by atoms with Crippen LogP contribution in [0, 0.1) is 0 Å². The van der Waals surface area contributed by atoms with Gasteiger partial charge in [0.25, 0.3) is 0 Å². The number of hydrogen-bond donors (Lipinski definition) is 3. The predicted octanol–water partition coefficient (Wildman–Crippen LogP) is 4.16. The van der Waals surface area contributed by atoms with Gasteiger partial charge in [0, 0.05) is 6.42 Å². The summed E-state index contributed by atoms with van der Waals surface area (Å²) >= 11 is 0. The Labute approximate surface area is 145 Å². The number of aliphatic carboxylic acids is 1. The van der Waals surface area contributed by atoms with Crippen LogP contribution in [0.5, 0.6) is 0 Å². The van der Waals surface area contributed by atoms with Crippen molar-refractivity contribution in [1.29, 1.82) is 0 Å². The fraction of sp³-hybridized carbons (Fsp3) is 0.550. The quantitative estimate of drug-likeness (QED) is 0.253. The van der Waals surface area contributed by atoms with Crippen LogP contribution in [0.25, 0.3) is 0 Å². The molecule has 0 aliphatic heterocycles. The Morgan fingerprint density at radius 2 is 1.71 bits per heavy atom. The summed E-state index contributed by atoms with van der Waals surface area (Å²) in [5.74, 6) is -0.750. The second-order valence-electron chi connectivity index (χ2n) is 5.74. The fourth-order valence-electron chi connectivity index (χ4n) is 2.03. The van der Waals surface area contributed by atoms with Crippen molar-refractivity contribution in [3.63, 3.8) is 0 Å². The van der Waals surface area contributed by atoms with Crippen molar-refractivity contribution < 1.29 is 20.1 Å². The Morgan fingerprint density at radius 3 is 2.42 bits per heavy atom. The second-order valence-corrected chi connectivity index (χ2v) is 5.74. The van der Waals surface area contributed by atoms with E-state index in [1.807, 2.05) is 36.5 Å². The van der Waals surface area contributed by atoms with Crippen molar-refractivity contribution in [2.75, 3.05) is 0 Å². The van der Waals surface area contributed by atoms with E-state index < -0.39 is 18.2 Å². The molecule has 0 spiro atoms. The molecule has 0 aliphatic carbocycles. The first-order chi connectivity index (χ1) is 11.6. The molecule has 136 valence electrons. The number of carboxylic acid groups (broad SMARTS) is 1. The molecule has 0 aliphatic rings. The topological polar surface area (TPSA) is 77.8 Å². The Kier molecular flexibility index (Phi) is 15.1. The molecule has 0 unspecified atom stereocenters. The van der Waals surface area contributed by atoms with E-state index in [1.54, 1.807) is 12.2 Å². The molecule has 0 bridgehead atoms. The molecule has 3 N–H and O–H groups in total. The summed E-state index contributed by atoms with van der Waals surface area (Å²) < 4.78 is 0. The monoisotopic (exact) mass is 336 g/mol. The van der Waals surface area contributed by atoms with Crippen LogP contribution in [0.4, 0.5) is 0 Å². The summed E-state index contributed by atoms with van der Waals surface area (Å²) in [6.07, 6.45) is 19.6. The molecule has 0 saturated carbocycles. The Hall–Kier alpha value is -1.65. The molecule has 2 atom stereocenters. The number of carboxylic acids is 1.